The second-order valence-electron chi connectivity index (χ2n) is 6.90. The average molecular weight is 389 g/mol. The number of hydrogen-bond acceptors (Lipinski definition) is 3. The zero-order valence-electron chi connectivity index (χ0n) is 15.4. The summed E-state index contributed by atoms with van der Waals surface area (Å²) in [5.41, 5.74) is 1.92. The normalized spacial score (nSPS) is 19.5. The first-order chi connectivity index (χ1) is 12.9. The lowest BCUT2D eigenvalue weighted by atomic mass is 10.1. The Kier molecular flexibility index (Phi) is 5.95. The number of benzene rings is 2. The molecule has 1 unspecified atom stereocenters. The topological polar surface area (TPSA) is 54.5 Å². The third-order valence-corrected chi connectivity index (χ3v) is 7.13. The summed E-state index contributed by atoms with van der Waals surface area (Å²) in [4.78, 5) is 14.4. The molecule has 6 heteroatoms. The van der Waals surface area contributed by atoms with Crippen molar-refractivity contribution in [3.63, 3.8) is 0 Å². The van der Waals surface area contributed by atoms with Crippen LogP contribution in [-0.4, -0.2) is 38.1 Å². The highest BCUT2D eigenvalue weighted by molar-refractivity contribution is 7.91. The number of amides is 1. The maximum absolute atomic E-state index is 14.1. The molecule has 0 spiro atoms. The lowest BCUT2D eigenvalue weighted by Gasteiger charge is -2.20. The zero-order chi connectivity index (χ0) is 19.4. The van der Waals surface area contributed by atoms with E-state index in [2.05, 4.69) is 6.92 Å². The van der Waals surface area contributed by atoms with E-state index in [9.17, 15) is 17.6 Å². The number of carbonyl (C=O) groups excluding carboxylic acids is 1. The van der Waals surface area contributed by atoms with Crippen LogP contribution in [0.5, 0.6) is 0 Å². The quantitative estimate of drug-likeness (QED) is 0.800. The van der Waals surface area contributed by atoms with Crippen LogP contribution in [0.4, 0.5) is 4.39 Å². The monoisotopic (exact) mass is 389 g/mol. The fourth-order valence-electron chi connectivity index (χ4n) is 3.52. The van der Waals surface area contributed by atoms with Crippen molar-refractivity contribution in [3.8, 4) is 0 Å². The summed E-state index contributed by atoms with van der Waals surface area (Å²) in [6.45, 7) is 2.51. The van der Waals surface area contributed by atoms with Gasteiger partial charge in [0.2, 0.25) is 0 Å². The Bertz CT molecular complexity index is 909. The summed E-state index contributed by atoms with van der Waals surface area (Å²) in [7, 11) is -3.53. The van der Waals surface area contributed by atoms with E-state index in [1.54, 1.807) is 29.2 Å². The fraction of sp³-hybridized carbons (Fsp3) is 0.381. The summed E-state index contributed by atoms with van der Waals surface area (Å²) in [5, 5.41) is -0.913. The van der Waals surface area contributed by atoms with Crippen molar-refractivity contribution in [2.75, 3.05) is 18.8 Å². The maximum atomic E-state index is 14.1. The smallest absolute Gasteiger partial charge is 0.253 e. The van der Waals surface area contributed by atoms with E-state index >= 15 is 0 Å². The van der Waals surface area contributed by atoms with Gasteiger partial charge in [-0.15, -0.1) is 0 Å². The van der Waals surface area contributed by atoms with Gasteiger partial charge in [-0.3, -0.25) is 4.79 Å². The average Bonchev–Trinajstić information content (AvgIpc) is 2.81. The van der Waals surface area contributed by atoms with Crippen molar-refractivity contribution < 1.29 is 17.6 Å². The van der Waals surface area contributed by atoms with E-state index in [0.717, 1.165) is 12.8 Å². The van der Waals surface area contributed by atoms with Crippen LogP contribution < -0.4 is 0 Å². The molecule has 2 aromatic rings. The highest BCUT2D eigenvalue weighted by Gasteiger charge is 2.34. The molecule has 1 aliphatic heterocycles. The molecule has 0 N–H and O–H groups in total. The molecule has 144 valence electrons. The third-order valence-electron chi connectivity index (χ3n) is 5.02. The van der Waals surface area contributed by atoms with Crippen LogP contribution in [0.2, 0.25) is 0 Å². The van der Waals surface area contributed by atoms with Crippen LogP contribution in [0.1, 0.15) is 46.5 Å². The molecule has 27 heavy (non-hydrogen) atoms. The van der Waals surface area contributed by atoms with Gasteiger partial charge < -0.3 is 4.90 Å². The minimum Gasteiger partial charge on any atom is -0.338 e. The van der Waals surface area contributed by atoms with Crippen molar-refractivity contribution in [2.45, 2.75) is 31.4 Å². The van der Waals surface area contributed by atoms with Crippen molar-refractivity contribution in [1.82, 2.24) is 4.90 Å². The first-order valence-electron chi connectivity index (χ1n) is 9.26. The van der Waals surface area contributed by atoms with Gasteiger partial charge in [-0.05, 0) is 36.6 Å². The largest absolute Gasteiger partial charge is 0.338 e. The molecule has 0 bridgehead atoms. The molecular weight excluding hydrogens is 365 g/mol. The summed E-state index contributed by atoms with van der Waals surface area (Å²) in [6.07, 6.45) is 2.19. The fourth-order valence-corrected chi connectivity index (χ4v) is 5.32. The van der Waals surface area contributed by atoms with Crippen LogP contribution in [0.15, 0.2) is 48.5 Å². The van der Waals surface area contributed by atoms with E-state index in [0.29, 0.717) is 5.56 Å². The number of halogens is 1. The number of nitrogens with zero attached hydrogens (tertiary/aromatic N) is 1. The molecule has 1 saturated heterocycles. The Balaban J connectivity index is 1.78. The van der Waals surface area contributed by atoms with Crippen molar-refractivity contribution in [2.24, 2.45) is 0 Å². The van der Waals surface area contributed by atoms with Crippen molar-refractivity contribution >= 4 is 15.7 Å². The van der Waals surface area contributed by atoms with Gasteiger partial charge in [-0.2, -0.15) is 0 Å². The second kappa shape index (κ2) is 8.21. The van der Waals surface area contributed by atoms with Crippen molar-refractivity contribution in [3.05, 3.63) is 71.0 Å². The maximum Gasteiger partial charge on any atom is 0.253 e. The van der Waals surface area contributed by atoms with Crippen LogP contribution >= 0.6 is 0 Å². The molecule has 2 aromatic carbocycles. The lowest BCUT2D eigenvalue weighted by Crippen LogP contribution is -2.33. The number of sulfone groups is 1. The van der Waals surface area contributed by atoms with E-state index in [1.165, 1.54) is 17.7 Å². The molecule has 1 atom stereocenters. The van der Waals surface area contributed by atoms with Gasteiger partial charge in [-0.25, -0.2) is 12.8 Å². The SMILES string of the molecule is CCCc1ccc(C(=O)N2CCC(c3ccccc3F)S(=O)(=O)CC2)cc1. The first-order valence-corrected chi connectivity index (χ1v) is 11.0. The highest BCUT2D eigenvalue weighted by atomic mass is 32.2. The van der Waals surface area contributed by atoms with Crippen LogP contribution in [0, 0.1) is 5.82 Å². The summed E-state index contributed by atoms with van der Waals surface area (Å²) in [6, 6.07) is 13.4. The Hall–Kier alpha value is -2.21. The van der Waals surface area contributed by atoms with E-state index in [4.69, 9.17) is 0 Å². The number of rotatable bonds is 4. The Morgan fingerprint density at radius 3 is 2.48 bits per heavy atom. The van der Waals surface area contributed by atoms with Gasteiger partial charge in [0.1, 0.15) is 5.82 Å². The Morgan fingerprint density at radius 2 is 1.81 bits per heavy atom. The molecule has 3 rings (SSSR count). The molecule has 1 aliphatic rings. The minimum atomic E-state index is -3.53. The predicted octanol–water partition coefficient (Wildman–Crippen LogP) is 3.78. The molecule has 0 radical (unpaired) electrons. The number of carbonyl (C=O) groups is 1. The molecule has 0 aromatic heterocycles. The zero-order valence-corrected chi connectivity index (χ0v) is 16.2. The first kappa shape index (κ1) is 19.5. The summed E-state index contributed by atoms with van der Waals surface area (Å²) in [5.74, 6) is -0.856. The minimum absolute atomic E-state index is 0.128. The lowest BCUT2D eigenvalue weighted by molar-refractivity contribution is 0.0766. The number of hydrogen-bond donors (Lipinski definition) is 0. The van der Waals surface area contributed by atoms with Gasteiger partial charge in [0.15, 0.2) is 9.84 Å². The van der Waals surface area contributed by atoms with Crippen molar-refractivity contribution in [1.29, 1.82) is 0 Å². The molecule has 1 amide bonds. The molecule has 1 heterocycles. The molecule has 4 nitrogen and oxygen atoms in total. The third kappa shape index (κ3) is 4.38. The molecule has 0 saturated carbocycles. The predicted molar refractivity (Wildman–Crippen MR) is 104 cm³/mol. The Labute approximate surface area is 159 Å². The van der Waals surface area contributed by atoms with Gasteiger partial charge >= 0.3 is 0 Å². The summed E-state index contributed by atoms with van der Waals surface area (Å²) >= 11 is 0. The molecule has 0 aliphatic carbocycles. The molecular formula is C21H24FNO3S. The van der Waals surface area contributed by atoms with Crippen LogP contribution in [-0.2, 0) is 16.3 Å². The standard InChI is InChI=1S/C21H24FNO3S/c1-2-5-16-8-10-17(11-9-16)21(24)23-13-12-20(27(25,26)15-14-23)18-6-3-4-7-19(18)22/h3-4,6-11,20H,2,5,12-15H2,1H3. The van der Waals surface area contributed by atoms with E-state index in [1.807, 2.05) is 12.1 Å². The van der Waals surface area contributed by atoms with Crippen LogP contribution in [0.3, 0.4) is 0 Å². The highest BCUT2D eigenvalue weighted by Crippen LogP contribution is 2.31. The van der Waals surface area contributed by atoms with Gasteiger partial charge in [0, 0.05) is 24.2 Å². The summed E-state index contributed by atoms with van der Waals surface area (Å²) < 4.78 is 39.5. The molecule has 1 fully saturated rings. The van der Waals surface area contributed by atoms with Gasteiger partial charge in [0.05, 0.1) is 11.0 Å². The van der Waals surface area contributed by atoms with Gasteiger partial charge in [-0.1, -0.05) is 43.7 Å². The Morgan fingerprint density at radius 1 is 1.11 bits per heavy atom. The van der Waals surface area contributed by atoms with Crippen LogP contribution in [0.25, 0.3) is 0 Å². The van der Waals surface area contributed by atoms with E-state index < -0.39 is 20.9 Å². The second-order valence-corrected chi connectivity index (χ2v) is 9.21. The number of aryl methyl sites for hydroxylation is 1. The van der Waals surface area contributed by atoms with E-state index in [-0.39, 0.29) is 36.7 Å². The van der Waals surface area contributed by atoms with Gasteiger partial charge in [0.25, 0.3) is 5.91 Å².